The van der Waals surface area contributed by atoms with Crippen molar-refractivity contribution in [2.45, 2.75) is 31.0 Å². The lowest BCUT2D eigenvalue weighted by Gasteiger charge is -2.49. The number of pyridine rings is 1. The minimum absolute atomic E-state index is 0.0130. The van der Waals surface area contributed by atoms with E-state index in [1.807, 2.05) is 18.9 Å². The first kappa shape index (κ1) is 36.5. The molecule has 0 saturated carbocycles. The van der Waals surface area contributed by atoms with Crippen LogP contribution in [0.4, 0.5) is 20.0 Å². The Morgan fingerprint density at radius 2 is 2.04 bits per heavy atom. The van der Waals surface area contributed by atoms with Gasteiger partial charge in [-0.25, -0.2) is 14.2 Å². The fourth-order valence-corrected chi connectivity index (χ4v) is 9.22. The van der Waals surface area contributed by atoms with Crippen molar-refractivity contribution in [1.29, 1.82) is 0 Å². The smallest absolute Gasteiger partial charge is 0.487 e. The van der Waals surface area contributed by atoms with Gasteiger partial charge in [-0.15, -0.1) is 23.1 Å². The maximum absolute atomic E-state index is 15.8. The Balaban J connectivity index is 1.06. The average molecular weight is 789 g/mol. The third-order valence-electron chi connectivity index (χ3n) is 9.06. The molecule has 0 bridgehead atoms. The van der Waals surface area contributed by atoms with Crippen molar-refractivity contribution < 1.29 is 43.0 Å². The molecule has 7 rings (SSSR count). The number of thiazole rings is 1. The van der Waals surface area contributed by atoms with E-state index >= 15 is 4.39 Å². The molecule has 280 valence electrons. The van der Waals surface area contributed by atoms with Crippen LogP contribution in [0.15, 0.2) is 39.0 Å². The third-order valence-corrected chi connectivity index (χ3v) is 12.1. The maximum Gasteiger partial charge on any atom is 0.512 e. The van der Waals surface area contributed by atoms with Crippen LogP contribution in [0.1, 0.15) is 29.0 Å². The van der Waals surface area contributed by atoms with Gasteiger partial charge in [-0.2, -0.15) is 0 Å². The van der Waals surface area contributed by atoms with Gasteiger partial charge in [0.05, 0.1) is 28.2 Å². The Hall–Kier alpha value is -4.86. The number of fused-ring (bicyclic) bond motifs is 1. The summed E-state index contributed by atoms with van der Waals surface area (Å²) >= 11 is 3.18. The van der Waals surface area contributed by atoms with E-state index in [0.29, 0.717) is 40.7 Å². The van der Waals surface area contributed by atoms with Crippen molar-refractivity contribution >= 4 is 85.9 Å². The highest BCUT2D eigenvalue weighted by molar-refractivity contribution is 8.14. The molecule has 1 unspecified atom stereocenters. The van der Waals surface area contributed by atoms with Crippen LogP contribution in [0.2, 0.25) is 0 Å². The van der Waals surface area contributed by atoms with Crippen LogP contribution in [0.5, 0.6) is 5.75 Å². The van der Waals surface area contributed by atoms with E-state index in [-0.39, 0.29) is 53.3 Å². The maximum atomic E-state index is 15.8. The number of anilines is 2. The highest BCUT2D eigenvalue weighted by Gasteiger charge is 2.54. The number of likely N-dealkylation sites (N-methyl/N-ethyl adjacent to an activating group) is 1. The second kappa shape index (κ2) is 14.9. The Morgan fingerprint density at radius 3 is 2.75 bits per heavy atom. The number of nitrogen functional groups attached to an aromatic ring is 1. The van der Waals surface area contributed by atoms with Crippen LogP contribution >= 0.6 is 34.9 Å². The number of hydrogen-bond acceptors (Lipinski definition) is 16. The molecule has 4 aliphatic rings. The topological polar surface area (TPSA) is 211 Å². The van der Waals surface area contributed by atoms with Gasteiger partial charge in [-0.1, -0.05) is 16.9 Å². The number of ether oxygens (including phenoxy) is 2. The number of benzene rings is 1. The second-order valence-electron chi connectivity index (χ2n) is 12.6. The molecule has 3 atom stereocenters. The van der Waals surface area contributed by atoms with Gasteiger partial charge in [-0.3, -0.25) is 24.1 Å². The zero-order valence-electron chi connectivity index (χ0n) is 28.3. The van der Waals surface area contributed by atoms with Gasteiger partial charge in [0.1, 0.15) is 29.9 Å². The lowest BCUT2D eigenvalue weighted by atomic mass is 10.1. The van der Waals surface area contributed by atoms with Gasteiger partial charge in [0.2, 0.25) is 16.4 Å². The molecule has 4 N–H and O–H groups in total. The number of carboxylic acid groups (broad SMARTS) is 1. The SMILES string of the molecule is CC1COc2c(N3CCN(C)CC3)c(F)cc3c(=O)c(C(=O)SCC4=C(OC(=O)O)N5C(=O)[C@@H](NC(=O)/C=N\OCc6csc(N)n6)[C@H]5SC4)cn1c23. The van der Waals surface area contributed by atoms with Gasteiger partial charge >= 0.3 is 6.16 Å². The zero-order chi connectivity index (χ0) is 37.6. The Labute approximate surface area is 312 Å². The summed E-state index contributed by atoms with van der Waals surface area (Å²) < 4.78 is 28.6. The van der Waals surface area contributed by atoms with Gasteiger partial charge in [0, 0.05) is 54.8 Å². The summed E-state index contributed by atoms with van der Waals surface area (Å²) in [5.41, 5.74) is 6.28. The van der Waals surface area contributed by atoms with Crippen molar-refractivity contribution in [3.8, 4) is 5.75 Å². The number of hydrogen-bond donors (Lipinski definition) is 3. The number of nitrogens with two attached hydrogens (primary N) is 1. The number of carbonyl (C=O) groups excluding carboxylic acids is 3. The second-order valence-corrected chi connectivity index (χ2v) is 15.5. The quantitative estimate of drug-likeness (QED) is 0.116. The van der Waals surface area contributed by atoms with Crippen LogP contribution in [0, 0.1) is 5.82 Å². The number of piperazine rings is 1. The molecule has 0 aliphatic carbocycles. The monoisotopic (exact) mass is 788 g/mol. The van der Waals surface area contributed by atoms with E-state index in [1.165, 1.54) is 29.3 Å². The third kappa shape index (κ3) is 7.12. The van der Waals surface area contributed by atoms with Crippen molar-refractivity contribution in [3.63, 3.8) is 0 Å². The Morgan fingerprint density at radius 1 is 1.26 bits per heavy atom. The molecule has 0 spiro atoms. The average Bonchev–Trinajstić information content (AvgIpc) is 3.55. The number of nitrogens with zero attached hydrogens (tertiary/aromatic N) is 6. The highest BCUT2D eigenvalue weighted by atomic mass is 32.2. The van der Waals surface area contributed by atoms with Crippen molar-refractivity contribution in [2.24, 2.45) is 5.16 Å². The van der Waals surface area contributed by atoms with Crippen LogP contribution in [0.3, 0.4) is 0 Å². The summed E-state index contributed by atoms with van der Waals surface area (Å²) in [5.74, 6) is -1.93. The first-order valence-electron chi connectivity index (χ1n) is 16.3. The number of rotatable bonds is 10. The van der Waals surface area contributed by atoms with E-state index in [2.05, 4.69) is 20.4 Å². The largest absolute Gasteiger partial charge is 0.512 e. The van der Waals surface area contributed by atoms with Crippen molar-refractivity contribution in [1.82, 2.24) is 24.7 Å². The fourth-order valence-electron chi connectivity index (χ4n) is 6.39. The number of halogens is 1. The minimum atomic E-state index is -1.68. The summed E-state index contributed by atoms with van der Waals surface area (Å²) in [5, 5.41) is 16.3. The molecular formula is C32H33FN8O9S3. The van der Waals surface area contributed by atoms with Crippen LogP contribution in [0.25, 0.3) is 10.9 Å². The summed E-state index contributed by atoms with van der Waals surface area (Å²) in [6, 6.07) is -0.120. The molecule has 2 saturated heterocycles. The predicted molar refractivity (Wildman–Crippen MR) is 196 cm³/mol. The molecule has 2 fully saturated rings. The molecule has 17 nitrogen and oxygen atoms in total. The standard InChI is InChI=1S/C32H33FN8O9S3/c1-15-10-48-26-23-18(7-20(33)24(26)39-5-3-38(2)4-6-39)25(43)19(9-40(15)23)30(45)52-13-16-12-51-29-22(27(44)41(29)28(16)50-32(46)47)37-21(42)8-35-49-11-17-14-53-31(34)36-17/h7-9,14-15,22,29H,3-6,10-13H2,1-2H3,(H2,34,36)(H,37,42)(H,46,47)/b35-8-/t15?,22-,29-/m1/s1. The number of aromatic nitrogens is 2. The van der Waals surface area contributed by atoms with Gasteiger partial charge < -0.3 is 44.8 Å². The number of carbonyl (C=O) groups is 4. The lowest BCUT2D eigenvalue weighted by Crippen LogP contribution is -2.70. The number of oxime groups is 1. The minimum Gasteiger partial charge on any atom is -0.487 e. The summed E-state index contributed by atoms with van der Waals surface area (Å²) in [7, 11) is 1.99. The lowest BCUT2D eigenvalue weighted by molar-refractivity contribution is -0.148. The number of β-lactam (4-membered cyclic amide) rings is 1. The van der Waals surface area contributed by atoms with E-state index in [0.717, 1.165) is 42.0 Å². The van der Waals surface area contributed by atoms with E-state index < -0.39 is 45.7 Å². The Kier molecular flexibility index (Phi) is 10.2. The fraction of sp³-hybridized carbons (Fsp3) is 0.406. The summed E-state index contributed by atoms with van der Waals surface area (Å²) in [6.45, 7) is 4.69. The zero-order valence-corrected chi connectivity index (χ0v) is 30.7. The highest BCUT2D eigenvalue weighted by Crippen LogP contribution is 2.43. The molecular weight excluding hydrogens is 756 g/mol. The summed E-state index contributed by atoms with van der Waals surface area (Å²) in [6.07, 6.45) is 0.644. The van der Waals surface area contributed by atoms with E-state index in [4.69, 9.17) is 20.0 Å². The van der Waals surface area contributed by atoms with Gasteiger partial charge in [0.25, 0.3) is 11.8 Å². The van der Waals surface area contributed by atoms with Gasteiger partial charge in [0.15, 0.2) is 23.3 Å². The molecule has 2 aromatic heterocycles. The van der Waals surface area contributed by atoms with Crippen LogP contribution in [-0.4, -0.2) is 117 Å². The number of nitrogens with one attached hydrogen (secondary N) is 1. The molecule has 0 radical (unpaired) electrons. The van der Waals surface area contributed by atoms with Crippen molar-refractivity contribution in [2.75, 3.05) is 62.0 Å². The van der Waals surface area contributed by atoms with Crippen LogP contribution < -0.4 is 26.1 Å². The first-order chi connectivity index (χ1) is 25.4. The Bertz CT molecular complexity index is 2130. The molecule has 4 aliphatic heterocycles. The molecule has 1 aromatic carbocycles. The van der Waals surface area contributed by atoms with Crippen LogP contribution in [-0.2, 0) is 25.8 Å². The molecule has 21 heteroatoms. The normalized spacial score (nSPS) is 21.3. The molecule has 2 amide bonds. The van der Waals surface area contributed by atoms with Crippen molar-refractivity contribution in [3.05, 3.63) is 56.4 Å². The molecule has 3 aromatic rings. The predicted octanol–water partition coefficient (Wildman–Crippen LogP) is 2.27. The van der Waals surface area contributed by atoms with Gasteiger partial charge in [-0.05, 0) is 20.0 Å². The van der Waals surface area contributed by atoms with E-state index in [9.17, 15) is 29.1 Å². The first-order valence-corrected chi connectivity index (χ1v) is 19.2. The number of amides is 2. The molecule has 53 heavy (non-hydrogen) atoms. The number of thioether (sulfide) groups is 2. The molecule has 6 heterocycles. The summed E-state index contributed by atoms with van der Waals surface area (Å²) in [4.78, 5) is 78.9. The van der Waals surface area contributed by atoms with E-state index in [1.54, 1.807) is 9.95 Å².